The highest BCUT2D eigenvalue weighted by Crippen LogP contribution is 2.13. The molecule has 0 radical (unpaired) electrons. The van der Waals surface area contributed by atoms with Gasteiger partial charge in [-0.2, -0.15) is 0 Å². The monoisotopic (exact) mass is 300 g/mol. The number of aromatic nitrogens is 5. The van der Waals surface area contributed by atoms with Gasteiger partial charge in [0.05, 0.1) is 17.1 Å². The standard InChI is InChI=1S/C13H12N6OS/c1-8-15-9(7-21-8)6-11(20)16-13-17-12(18-19-13)10-4-2-3-5-14-10/h2-5,7H,6H2,1H3,(H2,16,17,18,19,20). The number of carbonyl (C=O) groups is 1. The molecule has 0 aliphatic carbocycles. The van der Waals surface area contributed by atoms with Gasteiger partial charge in [-0.15, -0.1) is 21.5 Å². The minimum Gasteiger partial charge on any atom is -0.306 e. The maximum absolute atomic E-state index is 11.9. The largest absolute Gasteiger partial charge is 0.306 e. The number of rotatable bonds is 4. The summed E-state index contributed by atoms with van der Waals surface area (Å²) in [5, 5.41) is 13.3. The second kappa shape index (κ2) is 5.80. The van der Waals surface area contributed by atoms with E-state index in [9.17, 15) is 4.79 Å². The lowest BCUT2D eigenvalue weighted by Crippen LogP contribution is -2.15. The molecule has 3 aromatic rings. The SMILES string of the molecule is Cc1nc(CC(=O)Nc2nnc(-c3ccccn3)[nH]2)cs1. The summed E-state index contributed by atoms with van der Waals surface area (Å²) in [5.41, 5.74) is 1.42. The Labute approximate surface area is 124 Å². The molecule has 0 aliphatic heterocycles. The van der Waals surface area contributed by atoms with Crippen LogP contribution in [0.3, 0.4) is 0 Å². The second-order valence-electron chi connectivity index (χ2n) is 4.32. The summed E-state index contributed by atoms with van der Waals surface area (Å²) >= 11 is 1.52. The van der Waals surface area contributed by atoms with Crippen molar-refractivity contribution >= 4 is 23.2 Å². The van der Waals surface area contributed by atoms with Crippen LogP contribution in [0.1, 0.15) is 10.7 Å². The summed E-state index contributed by atoms with van der Waals surface area (Å²) in [6, 6.07) is 5.48. The van der Waals surface area contributed by atoms with Crippen molar-refractivity contribution in [1.29, 1.82) is 0 Å². The van der Waals surface area contributed by atoms with Crippen LogP contribution in [0.5, 0.6) is 0 Å². The number of nitrogens with zero attached hydrogens (tertiary/aromatic N) is 4. The zero-order valence-electron chi connectivity index (χ0n) is 11.2. The van der Waals surface area contributed by atoms with E-state index >= 15 is 0 Å². The highest BCUT2D eigenvalue weighted by atomic mass is 32.1. The summed E-state index contributed by atoms with van der Waals surface area (Å²) < 4.78 is 0. The third kappa shape index (κ3) is 3.29. The van der Waals surface area contributed by atoms with Crippen molar-refractivity contribution in [1.82, 2.24) is 25.1 Å². The number of nitrogens with one attached hydrogen (secondary N) is 2. The van der Waals surface area contributed by atoms with Gasteiger partial charge in [-0.3, -0.25) is 15.1 Å². The lowest BCUT2D eigenvalue weighted by molar-refractivity contribution is -0.115. The van der Waals surface area contributed by atoms with E-state index in [0.29, 0.717) is 17.5 Å². The molecule has 21 heavy (non-hydrogen) atoms. The number of hydrogen-bond acceptors (Lipinski definition) is 6. The highest BCUT2D eigenvalue weighted by Gasteiger charge is 2.11. The number of thiazole rings is 1. The number of hydrogen-bond donors (Lipinski definition) is 2. The quantitative estimate of drug-likeness (QED) is 0.766. The van der Waals surface area contributed by atoms with Gasteiger partial charge in [-0.05, 0) is 19.1 Å². The first kappa shape index (κ1) is 13.4. The molecule has 0 spiro atoms. The molecular weight excluding hydrogens is 288 g/mol. The maximum Gasteiger partial charge on any atom is 0.232 e. The van der Waals surface area contributed by atoms with Crippen molar-refractivity contribution in [3.63, 3.8) is 0 Å². The predicted molar refractivity (Wildman–Crippen MR) is 78.8 cm³/mol. The van der Waals surface area contributed by atoms with Crippen LogP contribution < -0.4 is 5.32 Å². The number of H-pyrrole nitrogens is 1. The molecule has 0 unspecified atom stereocenters. The van der Waals surface area contributed by atoms with E-state index in [2.05, 4.69) is 30.5 Å². The van der Waals surface area contributed by atoms with E-state index in [1.165, 1.54) is 11.3 Å². The van der Waals surface area contributed by atoms with Crippen molar-refractivity contribution in [2.75, 3.05) is 5.32 Å². The molecule has 0 atom stereocenters. The molecule has 7 nitrogen and oxygen atoms in total. The molecule has 0 fully saturated rings. The Morgan fingerprint density at radius 1 is 1.38 bits per heavy atom. The van der Waals surface area contributed by atoms with Gasteiger partial charge in [0.1, 0.15) is 5.69 Å². The maximum atomic E-state index is 11.9. The van der Waals surface area contributed by atoms with Crippen LogP contribution in [0.25, 0.3) is 11.5 Å². The first-order valence-corrected chi connectivity index (χ1v) is 7.13. The van der Waals surface area contributed by atoms with E-state index in [1.54, 1.807) is 6.20 Å². The van der Waals surface area contributed by atoms with Gasteiger partial charge < -0.3 is 4.98 Å². The summed E-state index contributed by atoms with van der Waals surface area (Å²) in [7, 11) is 0. The molecule has 3 aromatic heterocycles. The average molecular weight is 300 g/mol. The van der Waals surface area contributed by atoms with Crippen molar-refractivity contribution in [2.24, 2.45) is 0 Å². The molecule has 8 heteroatoms. The molecule has 1 amide bonds. The molecule has 0 aliphatic rings. The predicted octanol–water partition coefficient (Wildman–Crippen LogP) is 1.81. The van der Waals surface area contributed by atoms with Crippen molar-refractivity contribution < 1.29 is 4.79 Å². The van der Waals surface area contributed by atoms with Gasteiger partial charge in [0.2, 0.25) is 11.9 Å². The van der Waals surface area contributed by atoms with Gasteiger partial charge in [0, 0.05) is 11.6 Å². The second-order valence-corrected chi connectivity index (χ2v) is 5.38. The number of anilines is 1. The zero-order valence-corrected chi connectivity index (χ0v) is 12.0. The normalized spacial score (nSPS) is 10.5. The van der Waals surface area contributed by atoms with Crippen LogP contribution in [-0.4, -0.2) is 31.1 Å². The molecule has 0 saturated carbocycles. The number of aromatic amines is 1. The molecule has 0 bridgehead atoms. The number of pyridine rings is 1. The lowest BCUT2D eigenvalue weighted by atomic mass is 10.3. The molecule has 3 heterocycles. The number of aryl methyl sites for hydroxylation is 1. The minimum absolute atomic E-state index is 0.191. The minimum atomic E-state index is -0.191. The zero-order chi connectivity index (χ0) is 14.7. The van der Waals surface area contributed by atoms with Crippen LogP contribution in [-0.2, 0) is 11.2 Å². The number of amides is 1. The van der Waals surface area contributed by atoms with Crippen LogP contribution >= 0.6 is 11.3 Å². The van der Waals surface area contributed by atoms with E-state index in [1.807, 2.05) is 30.5 Å². The van der Waals surface area contributed by atoms with Gasteiger partial charge in [0.25, 0.3) is 0 Å². The van der Waals surface area contributed by atoms with Crippen LogP contribution in [0.15, 0.2) is 29.8 Å². The first-order chi connectivity index (χ1) is 10.2. The van der Waals surface area contributed by atoms with Gasteiger partial charge in [0.15, 0.2) is 5.82 Å². The van der Waals surface area contributed by atoms with Crippen molar-refractivity contribution in [2.45, 2.75) is 13.3 Å². The Morgan fingerprint density at radius 2 is 2.29 bits per heavy atom. The van der Waals surface area contributed by atoms with Crippen LogP contribution in [0.2, 0.25) is 0 Å². The Kier molecular flexibility index (Phi) is 3.69. The number of carbonyl (C=O) groups excluding carboxylic acids is 1. The molecule has 2 N–H and O–H groups in total. The summed E-state index contributed by atoms with van der Waals surface area (Å²) in [6.07, 6.45) is 1.88. The summed E-state index contributed by atoms with van der Waals surface area (Å²) in [6.45, 7) is 1.90. The van der Waals surface area contributed by atoms with Crippen molar-refractivity contribution in [3.8, 4) is 11.5 Å². The van der Waals surface area contributed by atoms with Crippen LogP contribution in [0, 0.1) is 6.92 Å². The fraction of sp³-hybridized carbons (Fsp3) is 0.154. The summed E-state index contributed by atoms with van der Waals surface area (Å²) in [4.78, 5) is 23.2. The van der Waals surface area contributed by atoms with Gasteiger partial charge >= 0.3 is 0 Å². The molecule has 0 aromatic carbocycles. The highest BCUT2D eigenvalue weighted by molar-refractivity contribution is 7.09. The Morgan fingerprint density at radius 3 is 3.00 bits per heavy atom. The third-order valence-corrected chi connectivity index (χ3v) is 3.48. The van der Waals surface area contributed by atoms with Gasteiger partial charge in [-0.25, -0.2) is 4.98 Å². The Bertz CT molecular complexity index is 751. The lowest BCUT2D eigenvalue weighted by Gasteiger charge is -1.98. The molecule has 0 saturated heterocycles. The van der Waals surface area contributed by atoms with Gasteiger partial charge in [-0.1, -0.05) is 6.07 Å². The Hall–Kier alpha value is -2.61. The fourth-order valence-electron chi connectivity index (χ4n) is 1.77. The van der Waals surface area contributed by atoms with E-state index in [0.717, 1.165) is 10.7 Å². The average Bonchev–Trinajstić information content (AvgIpc) is 3.09. The smallest absolute Gasteiger partial charge is 0.232 e. The topological polar surface area (TPSA) is 96.5 Å². The van der Waals surface area contributed by atoms with E-state index in [-0.39, 0.29) is 12.3 Å². The van der Waals surface area contributed by atoms with E-state index in [4.69, 9.17) is 0 Å². The fourth-order valence-corrected chi connectivity index (χ4v) is 2.38. The third-order valence-electron chi connectivity index (χ3n) is 2.66. The molecule has 3 rings (SSSR count). The van der Waals surface area contributed by atoms with Crippen molar-refractivity contribution in [3.05, 3.63) is 40.5 Å². The molecular formula is C13H12N6OS. The Balaban J connectivity index is 1.66. The summed E-state index contributed by atoms with van der Waals surface area (Å²) in [5.74, 6) is 0.618. The first-order valence-electron chi connectivity index (χ1n) is 6.25. The van der Waals surface area contributed by atoms with Crippen LogP contribution in [0.4, 0.5) is 5.95 Å². The van der Waals surface area contributed by atoms with E-state index < -0.39 is 0 Å². The molecule has 106 valence electrons.